The third kappa shape index (κ3) is 1.79. The van der Waals surface area contributed by atoms with Gasteiger partial charge in [-0.1, -0.05) is 17.7 Å². The van der Waals surface area contributed by atoms with Crippen LogP contribution in [0.3, 0.4) is 0 Å². The van der Waals surface area contributed by atoms with E-state index in [9.17, 15) is 9.90 Å². The molecule has 1 aromatic carbocycles. The molecule has 1 N–H and O–H groups in total. The standard InChI is InChI=1S/C14H16ClNO2/c1-4-16-11-7-5-6-10(15)9(11)8-12(16)14(2,3)13(17)18/h5-8H,4H2,1-3H3,(H,17,18). The highest BCUT2D eigenvalue weighted by Gasteiger charge is 2.33. The molecule has 3 nitrogen and oxygen atoms in total. The molecular formula is C14H16ClNO2. The van der Waals surface area contributed by atoms with Crippen LogP contribution in [0, 0.1) is 0 Å². The van der Waals surface area contributed by atoms with Crippen LogP contribution in [-0.2, 0) is 16.8 Å². The van der Waals surface area contributed by atoms with E-state index in [4.69, 9.17) is 11.6 Å². The number of carbonyl (C=O) groups is 1. The zero-order chi connectivity index (χ0) is 13.5. The van der Waals surface area contributed by atoms with Crippen LogP contribution in [0.15, 0.2) is 24.3 Å². The molecule has 0 spiro atoms. The molecule has 0 aliphatic carbocycles. The summed E-state index contributed by atoms with van der Waals surface area (Å²) in [5, 5.41) is 10.9. The monoisotopic (exact) mass is 265 g/mol. The van der Waals surface area contributed by atoms with E-state index in [-0.39, 0.29) is 0 Å². The van der Waals surface area contributed by atoms with Crippen LogP contribution in [0.2, 0.25) is 5.02 Å². The minimum atomic E-state index is -0.932. The van der Waals surface area contributed by atoms with Crippen LogP contribution in [0.1, 0.15) is 26.5 Å². The topological polar surface area (TPSA) is 42.2 Å². The molecule has 2 aromatic rings. The molecule has 1 aromatic heterocycles. The van der Waals surface area contributed by atoms with Crippen molar-refractivity contribution in [2.75, 3.05) is 0 Å². The van der Waals surface area contributed by atoms with Crippen LogP contribution >= 0.6 is 11.6 Å². The average molecular weight is 266 g/mol. The summed E-state index contributed by atoms with van der Waals surface area (Å²) in [6, 6.07) is 7.55. The van der Waals surface area contributed by atoms with Gasteiger partial charge in [-0.25, -0.2) is 0 Å². The number of aliphatic carboxylic acids is 1. The molecule has 0 fully saturated rings. The van der Waals surface area contributed by atoms with Crippen LogP contribution in [0.4, 0.5) is 0 Å². The molecule has 0 saturated heterocycles. The van der Waals surface area contributed by atoms with Gasteiger partial charge >= 0.3 is 5.97 Å². The van der Waals surface area contributed by atoms with Crippen molar-refractivity contribution in [3.05, 3.63) is 35.0 Å². The number of rotatable bonds is 3. The van der Waals surface area contributed by atoms with E-state index in [0.717, 1.165) is 23.1 Å². The summed E-state index contributed by atoms with van der Waals surface area (Å²) < 4.78 is 2.01. The molecular weight excluding hydrogens is 250 g/mol. The van der Waals surface area contributed by atoms with Crippen molar-refractivity contribution in [3.8, 4) is 0 Å². The Morgan fingerprint density at radius 1 is 1.44 bits per heavy atom. The molecule has 96 valence electrons. The Hall–Kier alpha value is -1.48. The lowest BCUT2D eigenvalue weighted by Crippen LogP contribution is -2.31. The Morgan fingerprint density at radius 3 is 2.67 bits per heavy atom. The summed E-state index contributed by atoms with van der Waals surface area (Å²) in [7, 11) is 0. The first-order chi connectivity index (χ1) is 8.39. The summed E-state index contributed by atoms with van der Waals surface area (Å²) in [4.78, 5) is 11.4. The maximum atomic E-state index is 11.4. The van der Waals surface area contributed by atoms with E-state index >= 15 is 0 Å². The molecule has 0 atom stereocenters. The minimum absolute atomic E-state index is 0.655. The first-order valence-electron chi connectivity index (χ1n) is 5.91. The van der Waals surface area contributed by atoms with Crippen molar-refractivity contribution in [3.63, 3.8) is 0 Å². The predicted molar refractivity (Wildman–Crippen MR) is 73.3 cm³/mol. The van der Waals surface area contributed by atoms with Crippen molar-refractivity contribution in [2.24, 2.45) is 0 Å². The molecule has 18 heavy (non-hydrogen) atoms. The Balaban J connectivity index is 2.80. The normalized spacial score (nSPS) is 12.0. The van der Waals surface area contributed by atoms with Crippen molar-refractivity contribution in [1.82, 2.24) is 4.57 Å². The summed E-state index contributed by atoms with van der Waals surface area (Å²) in [6.07, 6.45) is 0. The van der Waals surface area contributed by atoms with Gasteiger partial charge in [-0.2, -0.15) is 0 Å². The second kappa shape index (κ2) is 4.32. The number of hydrogen-bond acceptors (Lipinski definition) is 1. The highest BCUT2D eigenvalue weighted by Crippen LogP contribution is 2.33. The molecule has 0 bridgehead atoms. The smallest absolute Gasteiger partial charge is 0.315 e. The highest BCUT2D eigenvalue weighted by molar-refractivity contribution is 6.35. The lowest BCUT2D eigenvalue weighted by molar-refractivity contribution is -0.142. The Kier molecular flexibility index (Phi) is 3.11. The summed E-state index contributed by atoms with van der Waals surface area (Å²) in [5.41, 5.74) is 0.827. The second-order valence-corrected chi connectivity index (χ2v) is 5.28. The minimum Gasteiger partial charge on any atom is -0.481 e. The van der Waals surface area contributed by atoms with Crippen LogP contribution in [-0.4, -0.2) is 15.6 Å². The van der Waals surface area contributed by atoms with Gasteiger partial charge in [-0.05, 0) is 39.0 Å². The summed E-state index contributed by atoms with van der Waals surface area (Å²) in [5.74, 6) is -0.837. The number of halogens is 1. The van der Waals surface area contributed by atoms with E-state index < -0.39 is 11.4 Å². The van der Waals surface area contributed by atoms with Crippen molar-refractivity contribution < 1.29 is 9.90 Å². The molecule has 0 saturated carbocycles. The molecule has 0 aliphatic rings. The van der Waals surface area contributed by atoms with Gasteiger partial charge in [0.25, 0.3) is 0 Å². The van der Waals surface area contributed by atoms with E-state index in [0.29, 0.717) is 5.02 Å². The third-order valence-electron chi connectivity index (χ3n) is 3.38. The van der Waals surface area contributed by atoms with E-state index in [2.05, 4.69) is 0 Å². The zero-order valence-corrected chi connectivity index (χ0v) is 11.5. The van der Waals surface area contributed by atoms with Crippen molar-refractivity contribution >= 4 is 28.5 Å². The van der Waals surface area contributed by atoms with E-state index in [1.54, 1.807) is 13.8 Å². The van der Waals surface area contributed by atoms with Gasteiger partial charge < -0.3 is 9.67 Å². The average Bonchev–Trinajstić information content (AvgIpc) is 2.69. The maximum Gasteiger partial charge on any atom is 0.315 e. The van der Waals surface area contributed by atoms with Gasteiger partial charge in [0.1, 0.15) is 5.41 Å². The lowest BCUT2D eigenvalue weighted by Gasteiger charge is -2.21. The maximum absolute atomic E-state index is 11.4. The number of hydrogen-bond donors (Lipinski definition) is 1. The molecule has 0 amide bonds. The lowest BCUT2D eigenvalue weighted by atomic mass is 9.89. The van der Waals surface area contributed by atoms with E-state index in [1.165, 1.54) is 0 Å². The first kappa shape index (κ1) is 13.0. The van der Waals surface area contributed by atoms with Gasteiger partial charge in [0.15, 0.2) is 0 Å². The Bertz CT molecular complexity index is 614. The number of fused-ring (bicyclic) bond motifs is 1. The summed E-state index contributed by atoms with van der Waals surface area (Å²) in [6.45, 7) is 6.14. The van der Waals surface area contributed by atoms with Gasteiger partial charge in [0.05, 0.1) is 0 Å². The Morgan fingerprint density at radius 2 is 2.11 bits per heavy atom. The number of benzene rings is 1. The Labute approximate surface area is 111 Å². The quantitative estimate of drug-likeness (QED) is 0.920. The number of aryl methyl sites for hydroxylation is 1. The third-order valence-corrected chi connectivity index (χ3v) is 3.71. The van der Waals surface area contributed by atoms with Crippen molar-refractivity contribution in [2.45, 2.75) is 32.7 Å². The number of aromatic nitrogens is 1. The van der Waals surface area contributed by atoms with E-state index in [1.807, 2.05) is 35.8 Å². The van der Waals surface area contributed by atoms with Gasteiger partial charge in [0.2, 0.25) is 0 Å². The fourth-order valence-corrected chi connectivity index (χ4v) is 2.44. The molecule has 2 rings (SSSR count). The molecule has 1 heterocycles. The van der Waals surface area contributed by atoms with Crippen LogP contribution in [0.25, 0.3) is 10.9 Å². The number of carboxylic acids is 1. The largest absolute Gasteiger partial charge is 0.481 e. The molecule has 0 aliphatic heterocycles. The molecule has 0 unspecified atom stereocenters. The van der Waals surface area contributed by atoms with Gasteiger partial charge in [0, 0.05) is 28.2 Å². The van der Waals surface area contributed by atoms with Crippen LogP contribution < -0.4 is 0 Å². The zero-order valence-electron chi connectivity index (χ0n) is 10.7. The first-order valence-corrected chi connectivity index (χ1v) is 6.29. The predicted octanol–water partition coefficient (Wildman–Crippen LogP) is 3.68. The van der Waals surface area contributed by atoms with Crippen LogP contribution in [0.5, 0.6) is 0 Å². The van der Waals surface area contributed by atoms with Gasteiger partial charge in [-0.15, -0.1) is 0 Å². The van der Waals surface area contributed by atoms with Gasteiger partial charge in [-0.3, -0.25) is 4.79 Å². The number of nitrogens with zero attached hydrogens (tertiary/aromatic N) is 1. The fourth-order valence-electron chi connectivity index (χ4n) is 2.22. The summed E-state index contributed by atoms with van der Waals surface area (Å²) >= 11 is 6.17. The molecule has 0 radical (unpaired) electrons. The van der Waals surface area contributed by atoms with Crippen molar-refractivity contribution in [1.29, 1.82) is 0 Å². The SMILES string of the molecule is CCn1c(C(C)(C)C(=O)O)cc2c(Cl)cccc21. The number of carboxylic acid groups (broad SMARTS) is 1. The second-order valence-electron chi connectivity index (χ2n) is 4.88. The fraction of sp³-hybridized carbons (Fsp3) is 0.357. The molecule has 4 heteroatoms. The highest BCUT2D eigenvalue weighted by atomic mass is 35.5.